The molecule has 2 nitrogen and oxygen atoms in total. The lowest BCUT2D eigenvalue weighted by molar-refractivity contribution is 0.580. The third kappa shape index (κ3) is 2.68. The van der Waals surface area contributed by atoms with Gasteiger partial charge in [-0.25, -0.2) is 0 Å². The normalized spacial score (nSPS) is 16.0. The predicted octanol–water partition coefficient (Wildman–Crippen LogP) is 3.81. The highest BCUT2D eigenvalue weighted by molar-refractivity contribution is 6.30. The smallest absolute Gasteiger partial charge is 0.101 e. The zero-order chi connectivity index (χ0) is 11.4. The Morgan fingerprint density at radius 3 is 2.81 bits per heavy atom. The van der Waals surface area contributed by atoms with Crippen molar-refractivity contribution in [3.63, 3.8) is 0 Å². The van der Waals surface area contributed by atoms with Crippen molar-refractivity contribution in [3.05, 3.63) is 28.8 Å². The van der Waals surface area contributed by atoms with Crippen molar-refractivity contribution in [1.29, 1.82) is 5.26 Å². The van der Waals surface area contributed by atoms with Gasteiger partial charge in [0.1, 0.15) is 6.07 Å². The number of hydrogen-bond donors (Lipinski definition) is 1. The summed E-state index contributed by atoms with van der Waals surface area (Å²) in [7, 11) is 0. The first-order valence-corrected chi connectivity index (χ1v) is 6.11. The molecule has 0 aliphatic heterocycles. The molecule has 0 saturated heterocycles. The molecule has 1 aromatic rings. The number of nitriles is 1. The number of anilines is 1. The molecule has 1 N–H and O–H groups in total. The summed E-state index contributed by atoms with van der Waals surface area (Å²) >= 11 is 5.84. The molecule has 0 bridgehead atoms. The number of rotatable bonds is 3. The molecular formula is C13H15ClN2. The maximum atomic E-state index is 8.99. The summed E-state index contributed by atoms with van der Waals surface area (Å²) in [5.74, 6) is 0.766. The minimum atomic E-state index is 0.614. The molecule has 3 heteroatoms. The zero-order valence-corrected chi connectivity index (χ0v) is 9.93. The van der Waals surface area contributed by atoms with Crippen molar-refractivity contribution in [2.45, 2.75) is 25.7 Å². The molecule has 1 fully saturated rings. The fourth-order valence-corrected chi connectivity index (χ4v) is 2.40. The molecule has 1 aliphatic carbocycles. The summed E-state index contributed by atoms with van der Waals surface area (Å²) in [5, 5.41) is 13.0. The summed E-state index contributed by atoms with van der Waals surface area (Å²) in [6, 6.07) is 7.58. The standard InChI is InChI=1S/C13H15ClN2/c14-12-5-6-13(11(7-12)8-15)16-9-10-3-1-2-4-10/h5-7,10,16H,1-4,9H2. The Kier molecular flexibility index (Phi) is 3.69. The van der Waals surface area contributed by atoms with Gasteiger partial charge in [-0.2, -0.15) is 5.26 Å². The van der Waals surface area contributed by atoms with E-state index in [0.29, 0.717) is 10.6 Å². The molecule has 0 atom stereocenters. The van der Waals surface area contributed by atoms with Crippen LogP contribution < -0.4 is 5.32 Å². The van der Waals surface area contributed by atoms with Gasteiger partial charge in [0.25, 0.3) is 0 Å². The van der Waals surface area contributed by atoms with Crippen LogP contribution in [0.3, 0.4) is 0 Å². The van der Waals surface area contributed by atoms with Gasteiger partial charge in [-0.05, 0) is 37.0 Å². The first-order valence-electron chi connectivity index (χ1n) is 5.73. The quantitative estimate of drug-likeness (QED) is 0.863. The second kappa shape index (κ2) is 5.23. The van der Waals surface area contributed by atoms with Gasteiger partial charge >= 0.3 is 0 Å². The third-order valence-corrected chi connectivity index (χ3v) is 3.39. The summed E-state index contributed by atoms with van der Waals surface area (Å²) < 4.78 is 0. The molecule has 0 heterocycles. The van der Waals surface area contributed by atoms with E-state index in [1.54, 1.807) is 6.07 Å². The monoisotopic (exact) mass is 234 g/mol. The Morgan fingerprint density at radius 1 is 1.38 bits per heavy atom. The van der Waals surface area contributed by atoms with E-state index in [9.17, 15) is 0 Å². The van der Waals surface area contributed by atoms with Gasteiger partial charge in [0, 0.05) is 11.6 Å². The van der Waals surface area contributed by atoms with Crippen LogP contribution in [-0.2, 0) is 0 Å². The Balaban J connectivity index is 2.00. The van der Waals surface area contributed by atoms with Crippen LogP contribution in [0.5, 0.6) is 0 Å². The largest absolute Gasteiger partial charge is 0.384 e. The molecule has 1 aliphatic rings. The first kappa shape index (κ1) is 11.3. The van der Waals surface area contributed by atoms with E-state index in [2.05, 4.69) is 11.4 Å². The highest BCUT2D eigenvalue weighted by Crippen LogP contribution is 2.26. The molecule has 0 radical (unpaired) electrons. The molecule has 0 unspecified atom stereocenters. The molecule has 2 rings (SSSR count). The Bertz CT molecular complexity index is 403. The number of nitrogens with one attached hydrogen (secondary N) is 1. The maximum Gasteiger partial charge on any atom is 0.101 e. The highest BCUT2D eigenvalue weighted by Gasteiger charge is 2.14. The Hall–Kier alpha value is -1.20. The topological polar surface area (TPSA) is 35.8 Å². The van der Waals surface area contributed by atoms with Crippen molar-refractivity contribution < 1.29 is 0 Å². The molecule has 84 valence electrons. The number of benzene rings is 1. The van der Waals surface area contributed by atoms with Crippen molar-refractivity contribution in [3.8, 4) is 6.07 Å². The van der Waals surface area contributed by atoms with E-state index in [4.69, 9.17) is 16.9 Å². The minimum Gasteiger partial charge on any atom is -0.384 e. The van der Waals surface area contributed by atoms with Gasteiger partial charge in [0.2, 0.25) is 0 Å². The van der Waals surface area contributed by atoms with Crippen LogP contribution in [-0.4, -0.2) is 6.54 Å². The Labute approximate surface area is 101 Å². The van der Waals surface area contributed by atoms with E-state index in [1.165, 1.54) is 25.7 Å². The van der Waals surface area contributed by atoms with Gasteiger partial charge < -0.3 is 5.32 Å². The minimum absolute atomic E-state index is 0.614. The lowest BCUT2D eigenvalue weighted by Gasteiger charge is -2.12. The van der Waals surface area contributed by atoms with Crippen molar-refractivity contribution in [2.24, 2.45) is 5.92 Å². The van der Waals surface area contributed by atoms with Gasteiger partial charge in [-0.1, -0.05) is 24.4 Å². The second-order valence-corrected chi connectivity index (χ2v) is 4.77. The SMILES string of the molecule is N#Cc1cc(Cl)ccc1NCC1CCCC1. The first-order chi connectivity index (χ1) is 7.79. The van der Waals surface area contributed by atoms with Crippen LogP contribution >= 0.6 is 11.6 Å². The van der Waals surface area contributed by atoms with Gasteiger partial charge in [0.15, 0.2) is 0 Å². The van der Waals surface area contributed by atoms with Gasteiger partial charge in [0.05, 0.1) is 11.3 Å². The van der Waals surface area contributed by atoms with E-state index in [1.807, 2.05) is 12.1 Å². The number of hydrogen-bond acceptors (Lipinski definition) is 2. The van der Waals surface area contributed by atoms with Crippen molar-refractivity contribution >= 4 is 17.3 Å². The second-order valence-electron chi connectivity index (χ2n) is 4.33. The lowest BCUT2D eigenvalue weighted by atomic mass is 10.1. The third-order valence-electron chi connectivity index (χ3n) is 3.16. The maximum absolute atomic E-state index is 8.99. The van der Waals surface area contributed by atoms with Crippen LogP contribution in [0.4, 0.5) is 5.69 Å². The number of halogens is 1. The summed E-state index contributed by atoms with van der Waals surface area (Å²) in [6.07, 6.45) is 5.31. The average Bonchev–Trinajstić information content (AvgIpc) is 2.80. The molecule has 0 spiro atoms. The van der Waals surface area contributed by atoms with Gasteiger partial charge in [-0.15, -0.1) is 0 Å². The van der Waals surface area contributed by atoms with Crippen LogP contribution in [0.1, 0.15) is 31.2 Å². The van der Waals surface area contributed by atoms with Crippen LogP contribution in [0, 0.1) is 17.2 Å². The molecular weight excluding hydrogens is 220 g/mol. The van der Waals surface area contributed by atoms with Crippen LogP contribution in [0.15, 0.2) is 18.2 Å². The molecule has 1 saturated carbocycles. The van der Waals surface area contributed by atoms with E-state index in [0.717, 1.165) is 18.2 Å². The van der Waals surface area contributed by atoms with Crippen molar-refractivity contribution in [1.82, 2.24) is 0 Å². The summed E-state index contributed by atoms with van der Waals surface area (Å²) in [4.78, 5) is 0. The lowest BCUT2D eigenvalue weighted by Crippen LogP contribution is -2.11. The fraction of sp³-hybridized carbons (Fsp3) is 0.462. The van der Waals surface area contributed by atoms with E-state index < -0.39 is 0 Å². The molecule has 0 aromatic heterocycles. The van der Waals surface area contributed by atoms with E-state index >= 15 is 0 Å². The number of nitrogens with zero attached hydrogens (tertiary/aromatic N) is 1. The van der Waals surface area contributed by atoms with Gasteiger partial charge in [-0.3, -0.25) is 0 Å². The molecule has 1 aromatic carbocycles. The highest BCUT2D eigenvalue weighted by atomic mass is 35.5. The Morgan fingerprint density at radius 2 is 2.12 bits per heavy atom. The summed E-state index contributed by atoms with van der Waals surface area (Å²) in [5.41, 5.74) is 1.53. The molecule has 16 heavy (non-hydrogen) atoms. The van der Waals surface area contributed by atoms with Crippen molar-refractivity contribution in [2.75, 3.05) is 11.9 Å². The molecule has 0 amide bonds. The predicted molar refractivity (Wildman–Crippen MR) is 66.6 cm³/mol. The zero-order valence-electron chi connectivity index (χ0n) is 9.17. The summed E-state index contributed by atoms with van der Waals surface area (Å²) in [6.45, 7) is 0.969. The van der Waals surface area contributed by atoms with E-state index in [-0.39, 0.29) is 0 Å². The fourth-order valence-electron chi connectivity index (χ4n) is 2.23. The van der Waals surface area contributed by atoms with Crippen LogP contribution in [0.25, 0.3) is 0 Å². The van der Waals surface area contributed by atoms with Crippen LogP contribution in [0.2, 0.25) is 5.02 Å². The average molecular weight is 235 g/mol.